The number of hydrogen-bond acceptors (Lipinski definition) is 4. The van der Waals surface area contributed by atoms with Crippen LogP contribution in [-0.4, -0.2) is 31.8 Å². The minimum absolute atomic E-state index is 0.0916. The Hall–Kier alpha value is -2.06. The van der Waals surface area contributed by atoms with E-state index in [9.17, 15) is 4.79 Å². The average Bonchev–Trinajstić information content (AvgIpc) is 3.03. The first kappa shape index (κ1) is 16.3. The third kappa shape index (κ3) is 4.22. The first-order valence-corrected chi connectivity index (χ1v) is 7.57. The van der Waals surface area contributed by atoms with Gasteiger partial charge in [0.05, 0.1) is 25.7 Å². The molecule has 1 heterocycles. The van der Waals surface area contributed by atoms with Crippen LogP contribution in [0.2, 0.25) is 0 Å². The maximum Gasteiger partial charge on any atom is 0.224 e. The van der Waals surface area contributed by atoms with Gasteiger partial charge in [0.1, 0.15) is 11.8 Å². The van der Waals surface area contributed by atoms with Crippen molar-refractivity contribution in [2.75, 3.05) is 19.8 Å². The number of carbonyl (C=O) groups is 1. The minimum Gasteiger partial charge on any atom is -0.493 e. The molecule has 22 heavy (non-hydrogen) atoms. The highest BCUT2D eigenvalue weighted by molar-refractivity contribution is 5.76. The summed E-state index contributed by atoms with van der Waals surface area (Å²) in [5, 5.41) is 11.9. The van der Waals surface area contributed by atoms with Gasteiger partial charge in [0.15, 0.2) is 0 Å². The third-order valence-electron chi connectivity index (χ3n) is 4.03. The van der Waals surface area contributed by atoms with Crippen LogP contribution in [0.4, 0.5) is 0 Å². The summed E-state index contributed by atoms with van der Waals surface area (Å²) in [6.45, 7) is 5.52. The van der Waals surface area contributed by atoms with E-state index in [0.717, 1.165) is 23.3 Å². The van der Waals surface area contributed by atoms with Crippen LogP contribution in [0.25, 0.3) is 0 Å². The molecule has 118 valence electrons. The lowest BCUT2D eigenvalue weighted by Gasteiger charge is -2.17. The molecule has 0 aromatic heterocycles. The number of nitrogens with one attached hydrogen (secondary N) is 1. The van der Waals surface area contributed by atoms with Gasteiger partial charge < -0.3 is 14.8 Å². The molecule has 0 radical (unpaired) electrons. The van der Waals surface area contributed by atoms with Crippen LogP contribution >= 0.6 is 0 Å². The molecule has 2 atom stereocenters. The molecule has 1 amide bonds. The van der Waals surface area contributed by atoms with E-state index in [4.69, 9.17) is 14.7 Å². The lowest BCUT2D eigenvalue weighted by Crippen LogP contribution is -2.40. The number of nitrogens with zero attached hydrogens (tertiary/aromatic N) is 1. The van der Waals surface area contributed by atoms with Crippen molar-refractivity contribution in [2.45, 2.75) is 32.7 Å². The summed E-state index contributed by atoms with van der Waals surface area (Å²) in [4.78, 5) is 11.9. The monoisotopic (exact) mass is 302 g/mol. The van der Waals surface area contributed by atoms with Gasteiger partial charge >= 0.3 is 0 Å². The molecule has 0 spiro atoms. The van der Waals surface area contributed by atoms with Gasteiger partial charge in [-0.05, 0) is 37.5 Å². The van der Waals surface area contributed by atoms with Crippen molar-refractivity contribution in [3.63, 3.8) is 0 Å². The molecule has 1 aromatic rings. The number of carbonyl (C=O) groups excluding carboxylic acids is 1. The van der Waals surface area contributed by atoms with Crippen LogP contribution in [0.1, 0.15) is 24.0 Å². The number of rotatable bonds is 6. The standard InChI is InChI=1S/C17H22N2O3/c1-12-4-3-5-16(13(12)2)22-9-7-17(20)19-15(10-18)14-6-8-21-11-14/h3-5,14-15H,6-9,11H2,1-2H3,(H,19,20). The zero-order chi connectivity index (χ0) is 15.9. The Morgan fingerprint density at radius 1 is 1.55 bits per heavy atom. The summed E-state index contributed by atoms with van der Waals surface area (Å²) in [5.41, 5.74) is 2.24. The lowest BCUT2D eigenvalue weighted by atomic mass is 10.0. The Morgan fingerprint density at radius 2 is 2.36 bits per heavy atom. The summed E-state index contributed by atoms with van der Waals surface area (Å²) in [6.07, 6.45) is 1.05. The molecule has 5 heteroatoms. The van der Waals surface area contributed by atoms with Gasteiger partial charge in [-0.3, -0.25) is 4.79 Å². The quantitative estimate of drug-likeness (QED) is 0.873. The summed E-state index contributed by atoms with van der Waals surface area (Å²) in [7, 11) is 0. The fourth-order valence-corrected chi connectivity index (χ4v) is 2.45. The van der Waals surface area contributed by atoms with Crippen LogP contribution in [0.5, 0.6) is 5.75 Å². The highest BCUT2D eigenvalue weighted by Crippen LogP contribution is 2.20. The van der Waals surface area contributed by atoms with Crippen LogP contribution in [0.15, 0.2) is 18.2 Å². The van der Waals surface area contributed by atoms with Crippen LogP contribution in [0, 0.1) is 31.1 Å². The van der Waals surface area contributed by atoms with Crippen molar-refractivity contribution in [1.29, 1.82) is 5.26 Å². The van der Waals surface area contributed by atoms with E-state index in [1.54, 1.807) is 0 Å². The van der Waals surface area contributed by atoms with Crippen molar-refractivity contribution in [1.82, 2.24) is 5.32 Å². The maximum atomic E-state index is 11.9. The number of nitriles is 1. The molecule has 0 aliphatic carbocycles. The molecule has 2 unspecified atom stereocenters. The molecule has 1 saturated heterocycles. The highest BCUT2D eigenvalue weighted by atomic mass is 16.5. The largest absolute Gasteiger partial charge is 0.493 e. The number of benzene rings is 1. The molecule has 0 saturated carbocycles. The number of hydrogen-bond donors (Lipinski definition) is 1. The van der Waals surface area contributed by atoms with E-state index in [1.165, 1.54) is 0 Å². The molecule has 1 aromatic carbocycles. The second kappa shape index (κ2) is 7.81. The van der Waals surface area contributed by atoms with Crippen LogP contribution in [0.3, 0.4) is 0 Å². The van der Waals surface area contributed by atoms with Gasteiger partial charge in [0.2, 0.25) is 5.91 Å². The first-order chi connectivity index (χ1) is 10.6. The van der Waals surface area contributed by atoms with E-state index < -0.39 is 6.04 Å². The molecular formula is C17H22N2O3. The Labute approximate surface area is 131 Å². The molecule has 1 aliphatic heterocycles. The zero-order valence-corrected chi connectivity index (χ0v) is 13.1. The second-order valence-electron chi connectivity index (χ2n) is 5.59. The minimum atomic E-state index is -0.476. The van der Waals surface area contributed by atoms with Gasteiger partial charge in [-0.1, -0.05) is 12.1 Å². The van der Waals surface area contributed by atoms with Gasteiger partial charge in [0.25, 0.3) is 0 Å². The summed E-state index contributed by atoms with van der Waals surface area (Å²) in [6, 6.07) is 7.53. The van der Waals surface area contributed by atoms with Gasteiger partial charge in [-0.25, -0.2) is 0 Å². The molecule has 1 aliphatic rings. The molecule has 0 bridgehead atoms. The zero-order valence-electron chi connectivity index (χ0n) is 13.1. The molecule has 1 fully saturated rings. The van der Waals surface area contributed by atoms with Crippen molar-refractivity contribution in [3.8, 4) is 11.8 Å². The predicted molar refractivity (Wildman–Crippen MR) is 82.5 cm³/mol. The number of ether oxygens (including phenoxy) is 2. The number of aryl methyl sites for hydroxylation is 1. The Bertz CT molecular complexity index is 560. The van der Waals surface area contributed by atoms with Gasteiger partial charge in [-0.15, -0.1) is 0 Å². The van der Waals surface area contributed by atoms with Crippen LogP contribution < -0.4 is 10.1 Å². The van der Waals surface area contributed by atoms with E-state index in [2.05, 4.69) is 11.4 Å². The number of amides is 1. The van der Waals surface area contributed by atoms with Gasteiger partial charge in [0, 0.05) is 12.5 Å². The maximum absolute atomic E-state index is 11.9. The fraction of sp³-hybridized carbons (Fsp3) is 0.529. The summed E-state index contributed by atoms with van der Waals surface area (Å²) >= 11 is 0. The van der Waals surface area contributed by atoms with Gasteiger partial charge in [-0.2, -0.15) is 5.26 Å². The van der Waals surface area contributed by atoms with Crippen molar-refractivity contribution in [2.24, 2.45) is 5.92 Å². The van der Waals surface area contributed by atoms with E-state index in [-0.39, 0.29) is 18.2 Å². The summed E-state index contributed by atoms with van der Waals surface area (Å²) < 4.78 is 10.9. The first-order valence-electron chi connectivity index (χ1n) is 7.57. The van der Waals surface area contributed by atoms with Crippen LogP contribution in [-0.2, 0) is 9.53 Å². The third-order valence-corrected chi connectivity index (χ3v) is 4.03. The Balaban J connectivity index is 1.78. The molecular weight excluding hydrogens is 280 g/mol. The highest BCUT2D eigenvalue weighted by Gasteiger charge is 2.26. The smallest absolute Gasteiger partial charge is 0.224 e. The second-order valence-corrected chi connectivity index (χ2v) is 5.59. The van der Waals surface area contributed by atoms with Crippen molar-refractivity contribution < 1.29 is 14.3 Å². The normalized spacial score (nSPS) is 18.5. The lowest BCUT2D eigenvalue weighted by molar-refractivity contribution is -0.122. The van der Waals surface area contributed by atoms with E-state index in [1.807, 2.05) is 32.0 Å². The van der Waals surface area contributed by atoms with E-state index >= 15 is 0 Å². The van der Waals surface area contributed by atoms with E-state index in [0.29, 0.717) is 19.8 Å². The summed E-state index contributed by atoms with van der Waals surface area (Å²) in [5.74, 6) is 0.728. The molecule has 5 nitrogen and oxygen atoms in total. The van der Waals surface area contributed by atoms with Crippen molar-refractivity contribution >= 4 is 5.91 Å². The SMILES string of the molecule is Cc1cccc(OCCC(=O)NC(C#N)C2CCOC2)c1C. The fourth-order valence-electron chi connectivity index (χ4n) is 2.45. The Kier molecular flexibility index (Phi) is 5.79. The molecule has 1 N–H and O–H groups in total. The molecule has 2 rings (SSSR count). The topological polar surface area (TPSA) is 71.3 Å². The van der Waals surface area contributed by atoms with Crippen molar-refractivity contribution in [3.05, 3.63) is 29.3 Å². The average molecular weight is 302 g/mol. The Morgan fingerprint density at radius 3 is 3.05 bits per heavy atom. The predicted octanol–water partition coefficient (Wildman–Crippen LogP) is 2.12.